The number of carbonyl (C=O) groups excluding carboxylic acids is 2. The molecule has 0 spiro atoms. The molecule has 0 fully saturated rings. The van der Waals surface area contributed by atoms with Gasteiger partial charge in [0.1, 0.15) is 23.3 Å². The zero-order valence-electron chi connectivity index (χ0n) is 22.8. The predicted octanol–water partition coefficient (Wildman–Crippen LogP) is 5.14. The molecule has 1 aliphatic rings. The first-order chi connectivity index (χ1) is 18.7. The first-order valence-corrected chi connectivity index (χ1v) is 12.7. The lowest BCUT2D eigenvalue weighted by atomic mass is 9.94. The Morgan fingerprint density at radius 3 is 2.42 bits per heavy atom. The van der Waals surface area contributed by atoms with Crippen molar-refractivity contribution in [2.24, 2.45) is 7.05 Å². The van der Waals surface area contributed by atoms with E-state index in [4.69, 9.17) is 9.47 Å². The second kappa shape index (κ2) is 12.9. The molecule has 2 unspecified atom stereocenters. The predicted molar refractivity (Wildman–Crippen MR) is 132 cm³/mol. The van der Waals surface area contributed by atoms with Gasteiger partial charge in [-0.1, -0.05) is 0 Å². The van der Waals surface area contributed by atoms with Crippen molar-refractivity contribution in [1.29, 1.82) is 0 Å². The van der Waals surface area contributed by atoms with Crippen LogP contribution in [0.15, 0.2) is 18.2 Å². The number of amides is 1. The Morgan fingerprint density at radius 2 is 1.85 bits per heavy atom. The van der Waals surface area contributed by atoms with Gasteiger partial charge in [0.2, 0.25) is 12.2 Å². The number of ether oxygens (including phenoxy) is 2. The molecule has 1 aromatic carbocycles. The summed E-state index contributed by atoms with van der Waals surface area (Å²) in [7, 11) is 1.59. The third kappa shape index (κ3) is 7.68. The van der Waals surface area contributed by atoms with E-state index in [9.17, 15) is 31.7 Å². The molecule has 1 aliphatic heterocycles. The molecule has 2 heterocycles. The van der Waals surface area contributed by atoms with Gasteiger partial charge < -0.3 is 19.4 Å². The van der Waals surface area contributed by atoms with Crippen molar-refractivity contribution in [3.63, 3.8) is 0 Å². The molecular formula is C26H33F5N4O5. The molecule has 14 heteroatoms. The second-order valence-electron chi connectivity index (χ2n) is 10.5. The molecule has 0 saturated carbocycles. The van der Waals surface area contributed by atoms with Gasteiger partial charge in [-0.15, -0.1) is 0 Å². The van der Waals surface area contributed by atoms with E-state index in [1.165, 1.54) is 4.57 Å². The molecule has 0 radical (unpaired) electrons. The molecule has 3 atom stereocenters. The fraction of sp³-hybridized carbons (Fsp3) is 0.577. The molecule has 0 aliphatic carbocycles. The summed E-state index contributed by atoms with van der Waals surface area (Å²) in [5.41, 5.74) is -0.458. The highest BCUT2D eigenvalue weighted by Gasteiger charge is 2.38. The maximum absolute atomic E-state index is 14.6. The minimum Gasteiger partial charge on any atom is -0.460 e. The molecule has 1 N–H and O–H groups in total. The monoisotopic (exact) mass is 576 g/mol. The first kappa shape index (κ1) is 31.3. The van der Waals surface area contributed by atoms with Gasteiger partial charge in [0.05, 0.1) is 24.0 Å². The van der Waals surface area contributed by atoms with E-state index < -0.39 is 65.9 Å². The third-order valence-electron chi connectivity index (χ3n) is 6.38. The fourth-order valence-corrected chi connectivity index (χ4v) is 4.66. The van der Waals surface area contributed by atoms with Crippen LogP contribution in [0.4, 0.5) is 26.9 Å². The van der Waals surface area contributed by atoms with Crippen molar-refractivity contribution in [3.05, 3.63) is 52.6 Å². The Bertz CT molecular complexity index is 1200. The van der Waals surface area contributed by atoms with Crippen LogP contribution in [0.1, 0.15) is 74.2 Å². The van der Waals surface area contributed by atoms with Gasteiger partial charge in [0.25, 0.3) is 0 Å². The van der Waals surface area contributed by atoms with Gasteiger partial charge in [-0.2, -0.15) is 4.94 Å². The summed E-state index contributed by atoms with van der Waals surface area (Å²) >= 11 is 0. The van der Waals surface area contributed by atoms with Gasteiger partial charge in [-0.25, -0.2) is 32.1 Å². The van der Waals surface area contributed by atoms with E-state index in [0.717, 1.165) is 12.1 Å². The molecule has 9 nitrogen and oxygen atoms in total. The van der Waals surface area contributed by atoms with Crippen LogP contribution in [0.5, 0.6) is 0 Å². The Morgan fingerprint density at radius 1 is 1.15 bits per heavy atom. The van der Waals surface area contributed by atoms with Crippen LogP contribution in [-0.2, 0) is 34.6 Å². The van der Waals surface area contributed by atoms with E-state index in [1.807, 2.05) is 0 Å². The number of benzene rings is 1. The molecule has 3 rings (SSSR count). The van der Waals surface area contributed by atoms with E-state index in [0.29, 0.717) is 17.5 Å². The third-order valence-corrected chi connectivity index (χ3v) is 6.38. The summed E-state index contributed by atoms with van der Waals surface area (Å²) in [5.74, 6) is -2.47. The average molecular weight is 577 g/mol. The number of aromatic nitrogens is 2. The number of alkyl carbamates (subject to hydrolysis) is 1. The second-order valence-corrected chi connectivity index (χ2v) is 10.5. The van der Waals surface area contributed by atoms with Gasteiger partial charge in [0.15, 0.2) is 0 Å². The van der Waals surface area contributed by atoms with Crippen LogP contribution >= 0.6 is 0 Å². The minimum atomic E-state index is -2.80. The van der Waals surface area contributed by atoms with Gasteiger partial charge in [0, 0.05) is 38.2 Å². The highest BCUT2D eigenvalue weighted by molar-refractivity contribution is 5.85. The van der Waals surface area contributed by atoms with Crippen LogP contribution in [0, 0.1) is 11.6 Å². The molecule has 40 heavy (non-hydrogen) atoms. The molecule has 0 bridgehead atoms. The number of esters is 1. The highest BCUT2D eigenvalue weighted by Crippen LogP contribution is 2.33. The lowest BCUT2D eigenvalue weighted by molar-refractivity contribution is -0.194. The number of halogens is 5. The van der Waals surface area contributed by atoms with Crippen molar-refractivity contribution in [2.45, 2.75) is 83.8 Å². The Kier molecular flexibility index (Phi) is 10.1. The standard InChI is InChI=1S/C26H33F5N4O5/c1-6-38-24(36)23-32-19-12-35(13-20(19)34(23)5)15(11-21(29)30)10-18(33-25(37)39-26(2,3)4)22(40-31)16-9-14(27)7-8-17(16)28/h7-9,15,18,21-22H,6,10-13H2,1-5H3,(H,33,37)/t15?,18?,22-/m1/s1. The Hall–Kier alpha value is -3.26. The summed E-state index contributed by atoms with van der Waals surface area (Å²) in [6, 6.07) is -0.163. The molecule has 2 aromatic rings. The number of nitrogens with zero attached hydrogens (tertiary/aromatic N) is 3. The number of carbonyl (C=O) groups is 2. The normalized spacial score (nSPS) is 16.0. The number of alkyl halides is 2. The van der Waals surface area contributed by atoms with Gasteiger partial charge in [-0.05, 0) is 56.8 Å². The number of hydrogen-bond acceptors (Lipinski definition) is 7. The van der Waals surface area contributed by atoms with Gasteiger partial charge >= 0.3 is 12.1 Å². The van der Waals surface area contributed by atoms with Gasteiger partial charge in [-0.3, -0.25) is 4.90 Å². The zero-order chi connectivity index (χ0) is 29.8. The fourth-order valence-electron chi connectivity index (χ4n) is 4.66. The summed E-state index contributed by atoms with van der Waals surface area (Å²) in [4.78, 5) is 34.8. The quantitative estimate of drug-likeness (QED) is 0.292. The van der Waals surface area contributed by atoms with Crippen molar-refractivity contribution in [3.8, 4) is 0 Å². The summed E-state index contributed by atoms with van der Waals surface area (Å²) in [6.45, 7) is 6.70. The van der Waals surface area contributed by atoms with Crippen molar-refractivity contribution in [2.75, 3.05) is 6.61 Å². The molecule has 1 aromatic heterocycles. The Labute approximate surface area is 228 Å². The van der Waals surface area contributed by atoms with Crippen molar-refractivity contribution < 1.29 is 46.1 Å². The van der Waals surface area contributed by atoms with Crippen LogP contribution < -0.4 is 5.32 Å². The highest BCUT2D eigenvalue weighted by atomic mass is 19.3. The maximum atomic E-state index is 14.6. The lowest BCUT2D eigenvalue weighted by Gasteiger charge is -2.34. The first-order valence-electron chi connectivity index (χ1n) is 12.7. The minimum absolute atomic E-state index is 0.0638. The number of nitrogens with one attached hydrogen (secondary N) is 1. The van der Waals surface area contributed by atoms with E-state index >= 15 is 0 Å². The molecule has 0 saturated heterocycles. The number of imidazole rings is 1. The van der Waals surface area contributed by atoms with Crippen molar-refractivity contribution in [1.82, 2.24) is 19.8 Å². The van der Waals surface area contributed by atoms with E-state index in [2.05, 4.69) is 15.2 Å². The topological polar surface area (TPSA) is 94.9 Å². The summed E-state index contributed by atoms with van der Waals surface area (Å²) in [6.07, 6.45) is -6.77. The van der Waals surface area contributed by atoms with Crippen molar-refractivity contribution >= 4 is 12.1 Å². The Balaban J connectivity index is 1.93. The molecular weight excluding hydrogens is 543 g/mol. The summed E-state index contributed by atoms with van der Waals surface area (Å²) in [5, 5.41) is 2.39. The molecule has 222 valence electrons. The maximum Gasteiger partial charge on any atom is 0.407 e. The SMILES string of the molecule is CCOC(=O)c1nc2c(n1C)CN(C(CC(F)F)CC(NC(=O)OC(C)(C)C)[C@H](OF)c1cc(F)ccc1F)C2. The smallest absolute Gasteiger partial charge is 0.407 e. The average Bonchev–Trinajstić information content (AvgIpc) is 3.39. The largest absolute Gasteiger partial charge is 0.460 e. The number of fused-ring (bicyclic) bond motifs is 1. The lowest BCUT2D eigenvalue weighted by Crippen LogP contribution is -2.47. The van der Waals surface area contributed by atoms with Crippen LogP contribution in [0.2, 0.25) is 0 Å². The summed E-state index contributed by atoms with van der Waals surface area (Å²) < 4.78 is 81.8. The van der Waals surface area contributed by atoms with E-state index in [-0.39, 0.29) is 31.9 Å². The molecule has 1 amide bonds. The number of hydrogen-bond donors (Lipinski definition) is 1. The zero-order valence-corrected chi connectivity index (χ0v) is 22.8. The van der Waals surface area contributed by atoms with Crippen LogP contribution in [0.3, 0.4) is 0 Å². The van der Waals surface area contributed by atoms with E-state index in [1.54, 1.807) is 39.6 Å². The van der Waals surface area contributed by atoms with Crippen LogP contribution in [0.25, 0.3) is 0 Å². The van der Waals surface area contributed by atoms with Crippen LogP contribution in [-0.4, -0.2) is 57.2 Å². The number of rotatable bonds is 11.